The van der Waals surface area contributed by atoms with Crippen molar-refractivity contribution in [2.24, 2.45) is 5.73 Å². The van der Waals surface area contributed by atoms with E-state index in [0.29, 0.717) is 10.7 Å². The number of nitrogens with one attached hydrogen (secondary N) is 1. The third-order valence-corrected chi connectivity index (χ3v) is 2.89. The third-order valence-electron chi connectivity index (χ3n) is 2.66. The molecule has 0 saturated heterocycles. The fourth-order valence-electron chi connectivity index (χ4n) is 1.71. The topological polar surface area (TPSA) is 64.3 Å². The first-order valence-corrected chi connectivity index (χ1v) is 6.07. The second-order valence-electron chi connectivity index (χ2n) is 4.18. The van der Waals surface area contributed by atoms with Crippen LogP contribution in [-0.2, 0) is 4.79 Å². The van der Waals surface area contributed by atoms with Crippen LogP contribution in [-0.4, -0.2) is 24.0 Å². The lowest BCUT2D eigenvalue weighted by molar-refractivity contribution is -0.126. The number of thiocarbonyl (C=S) groups is 1. The summed E-state index contributed by atoms with van der Waals surface area (Å²) >= 11 is 4.95. The summed E-state index contributed by atoms with van der Waals surface area (Å²) in [6.45, 7) is 5.51. The largest absolute Gasteiger partial charge is 0.480 e. The summed E-state index contributed by atoms with van der Waals surface area (Å²) < 4.78 is 5.67. The Balaban J connectivity index is 3.04. The second-order valence-corrected chi connectivity index (χ2v) is 4.62. The maximum Gasteiger partial charge on any atom is 0.260 e. The molecule has 0 radical (unpaired) electrons. The number of amides is 1. The molecule has 0 aromatic heterocycles. The predicted molar refractivity (Wildman–Crippen MR) is 76.0 cm³/mol. The van der Waals surface area contributed by atoms with Crippen LogP contribution in [0.25, 0.3) is 0 Å². The minimum absolute atomic E-state index is 0.160. The van der Waals surface area contributed by atoms with E-state index in [2.05, 4.69) is 5.32 Å². The van der Waals surface area contributed by atoms with Crippen LogP contribution >= 0.6 is 12.2 Å². The highest BCUT2D eigenvalue weighted by molar-refractivity contribution is 7.80. The lowest BCUT2D eigenvalue weighted by atomic mass is 10.1. The Labute approximate surface area is 113 Å². The fourth-order valence-corrected chi connectivity index (χ4v) is 1.83. The van der Waals surface area contributed by atoms with Crippen LogP contribution in [0, 0.1) is 13.8 Å². The van der Waals surface area contributed by atoms with E-state index in [9.17, 15) is 4.79 Å². The van der Waals surface area contributed by atoms with E-state index in [4.69, 9.17) is 22.7 Å². The van der Waals surface area contributed by atoms with Crippen molar-refractivity contribution in [2.45, 2.75) is 26.9 Å². The Kier molecular flexibility index (Phi) is 4.67. The molecule has 1 unspecified atom stereocenters. The summed E-state index contributed by atoms with van der Waals surface area (Å²) in [5, 5.41) is 2.55. The number of hydrogen-bond donors (Lipinski definition) is 2. The number of carbonyl (C=O) groups is 1. The lowest BCUT2D eigenvalue weighted by Gasteiger charge is -2.18. The summed E-state index contributed by atoms with van der Waals surface area (Å²) in [7, 11) is 1.58. The molecule has 0 heterocycles. The van der Waals surface area contributed by atoms with E-state index in [-0.39, 0.29) is 5.91 Å². The van der Waals surface area contributed by atoms with Crippen molar-refractivity contribution in [3.05, 3.63) is 28.8 Å². The van der Waals surface area contributed by atoms with Gasteiger partial charge < -0.3 is 15.8 Å². The molecule has 0 aliphatic carbocycles. The molecule has 0 saturated carbocycles. The van der Waals surface area contributed by atoms with Crippen LogP contribution in [0.2, 0.25) is 0 Å². The van der Waals surface area contributed by atoms with Crippen LogP contribution < -0.4 is 15.8 Å². The van der Waals surface area contributed by atoms with Gasteiger partial charge in [-0.3, -0.25) is 4.79 Å². The third kappa shape index (κ3) is 3.20. The van der Waals surface area contributed by atoms with E-state index in [0.717, 1.165) is 16.7 Å². The van der Waals surface area contributed by atoms with Gasteiger partial charge in [-0.2, -0.15) is 0 Å². The fraction of sp³-hybridized carbons (Fsp3) is 0.385. The van der Waals surface area contributed by atoms with Crippen LogP contribution in [0.5, 0.6) is 5.75 Å². The van der Waals surface area contributed by atoms with E-state index >= 15 is 0 Å². The monoisotopic (exact) mass is 266 g/mol. The standard InChI is InChI=1S/C13H18N2O2S/c1-7-5-10(12(14)18)6-8(2)11(7)17-9(3)13(16)15-4/h5-6,9H,1-4H3,(H2,14,18)(H,15,16). The maximum atomic E-state index is 11.4. The number of hydrogen-bond acceptors (Lipinski definition) is 3. The molecule has 0 spiro atoms. The van der Waals surface area contributed by atoms with Gasteiger partial charge in [0.2, 0.25) is 0 Å². The smallest absolute Gasteiger partial charge is 0.260 e. The first kappa shape index (κ1) is 14.4. The second kappa shape index (κ2) is 5.82. The summed E-state index contributed by atoms with van der Waals surface area (Å²) in [5.74, 6) is 0.540. The number of aryl methyl sites for hydroxylation is 2. The summed E-state index contributed by atoms with van der Waals surface area (Å²) in [5.41, 5.74) is 8.23. The molecular formula is C13H18N2O2S. The first-order chi connectivity index (χ1) is 8.36. The highest BCUT2D eigenvalue weighted by atomic mass is 32.1. The first-order valence-electron chi connectivity index (χ1n) is 5.66. The zero-order valence-corrected chi connectivity index (χ0v) is 11.9. The molecule has 1 atom stereocenters. The number of benzene rings is 1. The molecule has 0 aliphatic heterocycles. The summed E-state index contributed by atoms with van der Waals surface area (Å²) in [6, 6.07) is 3.72. The maximum absolute atomic E-state index is 11.4. The van der Waals surface area contributed by atoms with Gasteiger partial charge in [-0.05, 0) is 44.0 Å². The van der Waals surface area contributed by atoms with E-state index < -0.39 is 6.10 Å². The Morgan fingerprint density at radius 1 is 1.39 bits per heavy atom. The van der Waals surface area contributed by atoms with Gasteiger partial charge in [0, 0.05) is 12.6 Å². The van der Waals surface area contributed by atoms with Crippen molar-refractivity contribution in [1.29, 1.82) is 0 Å². The number of ether oxygens (including phenoxy) is 1. The molecule has 1 aromatic carbocycles. The van der Waals surface area contributed by atoms with Gasteiger partial charge in [-0.15, -0.1) is 0 Å². The molecule has 98 valence electrons. The van der Waals surface area contributed by atoms with Gasteiger partial charge in [-0.1, -0.05) is 12.2 Å². The van der Waals surface area contributed by atoms with Gasteiger partial charge in [0.25, 0.3) is 5.91 Å². The Hall–Kier alpha value is -1.62. The van der Waals surface area contributed by atoms with E-state index in [1.165, 1.54) is 0 Å². The average Bonchev–Trinajstić information content (AvgIpc) is 2.31. The molecule has 4 nitrogen and oxygen atoms in total. The van der Waals surface area contributed by atoms with Gasteiger partial charge in [0.15, 0.2) is 6.10 Å². The average molecular weight is 266 g/mol. The van der Waals surface area contributed by atoms with Gasteiger partial charge >= 0.3 is 0 Å². The molecule has 0 fully saturated rings. The lowest BCUT2D eigenvalue weighted by Crippen LogP contribution is -2.34. The van der Waals surface area contributed by atoms with Crippen molar-refractivity contribution in [3.8, 4) is 5.75 Å². The molecule has 0 bridgehead atoms. The van der Waals surface area contributed by atoms with Crippen molar-refractivity contribution < 1.29 is 9.53 Å². The Bertz CT molecular complexity index is 463. The highest BCUT2D eigenvalue weighted by Crippen LogP contribution is 2.25. The highest BCUT2D eigenvalue weighted by Gasteiger charge is 2.16. The molecule has 3 N–H and O–H groups in total. The number of carbonyl (C=O) groups excluding carboxylic acids is 1. The molecule has 5 heteroatoms. The summed E-state index contributed by atoms with van der Waals surface area (Å²) in [6.07, 6.45) is -0.539. The Morgan fingerprint density at radius 3 is 2.28 bits per heavy atom. The zero-order valence-electron chi connectivity index (χ0n) is 11.0. The molecule has 1 rings (SSSR count). The normalized spacial score (nSPS) is 11.8. The minimum atomic E-state index is -0.539. The Morgan fingerprint density at radius 2 is 1.89 bits per heavy atom. The van der Waals surface area contributed by atoms with Crippen LogP contribution in [0.1, 0.15) is 23.6 Å². The van der Waals surface area contributed by atoms with Gasteiger partial charge in [-0.25, -0.2) is 0 Å². The SMILES string of the molecule is CNC(=O)C(C)Oc1c(C)cc(C(N)=S)cc1C. The molecule has 1 aromatic rings. The number of nitrogens with two attached hydrogens (primary N) is 1. The summed E-state index contributed by atoms with van der Waals surface area (Å²) in [4.78, 5) is 11.8. The zero-order chi connectivity index (χ0) is 13.9. The van der Waals surface area contributed by atoms with Gasteiger partial charge in [0.1, 0.15) is 10.7 Å². The van der Waals surface area contributed by atoms with Crippen molar-refractivity contribution >= 4 is 23.1 Å². The van der Waals surface area contributed by atoms with Crippen molar-refractivity contribution in [3.63, 3.8) is 0 Å². The number of likely N-dealkylation sites (N-methyl/N-ethyl adjacent to an activating group) is 1. The molecule has 1 amide bonds. The van der Waals surface area contributed by atoms with Crippen LogP contribution in [0.15, 0.2) is 12.1 Å². The minimum Gasteiger partial charge on any atom is -0.480 e. The predicted octanol–water partition coefficient (Wildman–Crippen LogP) is 1.45. The number of rotatable bonds is 4. The molecular weight excluding hydrogens is 248 g/mol. The molecule has 18 heavy (non-hydrogen) atoms. The van der Waals surface area contributed by atoms with Crippen molar-refractivity contribution in [2.75, 3.05) is 7.05 Å². The van der Waals surface area contributed by atoms with Crippen LogP contribution in [0.4, 0.5) is 0 Å². The van der Waals surface area contributed by atoms with E-state index in [1.807, 2.05) is 26.0 Å². The van der Waals surface area contributed by atoms with E-state index in [1.54, 1.807) is 14.0 Å². The quantitative estimate of drug-likeness (QED) is 0.810. The molecule has 0 aliphatic rings. The van der Waals surface area contributed by atoms with Crippen LogP contribution in [0.3, 0.4) is 0 Å². The van der Waals surface area contributed by atoms with Gasteiger partial charge in [0.05, 0.1) is 0 Å². The van der Waals surface area contributed by atoms with Crippen molar-refractivity contribution in [1.82, 2.24) is 5.32 Å².